The number of methoxy groups -OCH3 is 2. The van der Waals surface area contributed by atoms with Crippen molar-refractivity contribution < 1.29 is 14.3 Å². The number of nitrogens with zero attached hydrogens (tertiary/aromatic N) is 1. The van der Waals surface area contributed by atoms with Crippen LogP contribution in [0.5, 0.6) is 11.5 Å². The van der Waals surface area contributed by atoms with Gasteiger partial charge in [0, 0.05) is 0 Å². The van der Waals surface area contributed by atoms with E-state index in [1.54, 1.807) is 6.92 Å². The number of rotatable bonds is 3. The smallest absolute Gasteiger partial charge is 0.254 e. The molecule has 1 rings (SSSR count). The Morgan fingerprint density at radius 1 is 1.43 bits per heavy atom. The standard InChI is InChI=1S/C9H12N2O3/c1-5-7(9(10)12)8(14-3)6(13-2)4-11-5/h4H,1-3H3,(H2,10,12). The molecule has 14 heavy (non-hydrogen) atoms. The molecule has 0 aliphatic rings. The molecular formula is C9H12N2O3. The van der Waals surface area contributed by atoms with Crippen LogP contribution >= 0.6 is 0 Å². The molecule has 1 amide bonds. The Balaban J connectivity index is 3.42. The number of nitrogens with two attached hydrogens (primary N) is 1. The van der Waals surface area contributed by atoms with Crippen molar-refractivity contribution in [2.24, 2.45) is 5.73 Å². The molecule has 0 radical (unpaired) electrons. The van der Waals surface area contributed by atoms with Crippen molar-refractivity contribution in [3.05, 3.63) is 17.5 Å². The van der Waals surface area contributed by atoms with Crippen LogP contribution in [0.3, 0.4) is 0 Å². The fraction of sp³-hybridized carbons (Fsp3) is 0.333. The maximum absolute atomic E-state index is 11.1. The normalized spacial score (nSPS) is 9.64. The van der Waals surface area contributed by atoms with E-state index in [4.69, 9.17) is 15.2 Å². The molecule has 0 saturated heterocycles. The van der Waals surface area contributed by atoms with Gasteiger partial charge >= 0.3 is 0 Å². The summed E-state index contributed by atoms with van der Waals surface area (Å²) in [5, 5.41) is 0. The van der Waals surface area contributed by atoms with Gasteiger partial charge in [-0.25, -0.2) is 0 Å². The molecule has 0 saturated carbocycles. The summed E-state index contributed by atoms with van der Waals surface area (Å²) in [5.41, 5.74) is 5.98. The van der Waals surface area contributed by atoms with Gasteiger partial charge in [-0.3, -0.25) is 9.78 Å². The Bertz CT molecular complexity index is 363. The number of carbonyl (C=O) groups excluding carboxylic acids is 1. The molecule has 1 aromatic rings. The quantitative estimate of drug-likeness (QED) is 0.764. The van der Waals surface area contributed by atoms with E-state index in [1.807, 2.05) is 0 Å². The predicted octanol–water partition coefficient (Wildman–Crippen LogP) is 0.506. The highest BCUT2D eigenvalue weighted by Gasteiger charge is 2.17. The summed E-state index contributed by atoms with van der Waals surface area (Å²) >= 11 is 0. The summed E-state index contributed by atoms with van der Waals surface area (Å²) in [4.78, 5) is 15.1. The zero-order valence-electron chi connectivity index (χ0n) is 8.33. The third kappa shape index (κ3) is 1.61. The lowest BCUT2D eigenvalue weighted by molar-refractivity contribution is 0.0995. The summed E-state index contributed by atoms with van der Waals surface area (Å²) in [6, 6.07) is 0. The van der Waals surface area contributed by atoms with Crippen LogP contribution in [0, 0.1) is 6.92 Å². The van der Waals surface area contributed by atoms with Crippen molar-refractivity contribution in [2.45, 2.75) is 6.92 Å². The minimum Gasteiger partial charge on any atom is -0.492 e. The maximum atomic E-state index is 11.1. The number of hydrogen-bond donors (Lipinski definition) is 1. The van der Waals surface area contributed by atoms with Gasteiger partial charge in [0.2, 0.25) is 0 Å². The van der Waals surface area contributed by atoms with Gasteiger partial charge in [-0.1, -0.05) is 0 Å². The fourth-order valence-corrected chi connectivity index (χ4v) is 1.20. The van der Waals surface area contributed by atoms with E-state index in [1.165, 1.54) is 20.4 Å². The molecular weight excluding hydrogens is 184 g/mol. The zero-order chi connectivity index (χ0) is 10.7. The van der Waals surface area contributed by atoms with Gasteiger partial charge in [0.05, 0.1) is 26.1 Å². The molecule has 0 atom stereocenters. The first-order valence-corrected chi connectivity index (χ1v) is 3.99. The van der Waals surface area contributed by atoms with Gasteiger partial charge in [0.25, 0.3) is 5.91 Å². The van der Waals surface area contributed by atoms with Crippen molar-refractivity contribution in [1.82, 2.24) is 4.98 Å². The molecule has 0 aliphatic carbocycles. The number of hydrogen-bond acceptors (Lipinski definition) is 4. The van der Waals surface area contributed by atoms with E-state index in [-0.39, 0.29) is 5.56 Å². The monoisotopic (exact) mass is 196 g/mol. The van der Waals surface area contributed by atoms with Crippen LogP contribution in [0.2, 0.25) is 0 Å². The average Bonchev–Trinajstić information content (AvgIpc) is 2.16. The number of carbonyl (C=O) groups is 1. The molecule has 0 unspecified atom stereocenters. The first-order chi connectivity index (χ1) is 6.61. The third-order valence-corrected chi connectivity index (χ3v) is 1.86. The van der Waals surface area contributed by atoms with Crippen molar-refractivity contribution >= 4 is 5.91 Å². The summed E-state index contributed by atoms with van der Waals surface area (Å²) in [5.74, 6) is 0.144. The van der Waals surface area contributed by atoms with E-state index >= 15 is 0 Å². The molecule has 5 nitrogen and oxygen atoms in total. The molecule has 0 spiro atoms. The van der Waals surface area contributed by atoms with E-state index in [0.29, 0.717) is 17.2 Å². The Morgan fingerprint density at radius 3 is 2.50 bits per heavy atom. The molecule has 0 aromatic carbocycles. The number of amides is 1. The first-order valence-electron chi connectivity index (χ1n) is 3.99. The second-order valence-electron chi connectivity index (χ2n) is 2.68. The summed E-state index contributed by atoms with van der Waals surface area (Å²) in [7, 11) is 2.92. The lowest BCUT2D eigenvalue weighted by Crippen LogP contribution is -2.15. The lowest BCUT2D eigenvalue weighted by atomic mass is 10.1. The SMILES string of the molecule is COc1cnc(C)c(C(N)=O)c1OC. The Morgan fingerprint density at radius 2 is 2.07 bits per heavy atom. The molecule has 2 N–H and O–H groups in total. The minimum atomic E-state index is -0.578. The van der Waals surface area contributed by atoms with Gasteiger partial charge in [0.1, 0.15) is 5.56 Å². The maximum Gasteiger partial charge on any atom is 0.254 e. The van der Waals surface area contributed by atoms with Crippen LogP contribution in [0.1, 0.15) is 16.1 Å². The first kappa shape index (κ1) is 10.3. The molecule has 76 valence electrons. The highest BCUT2D eigenvalue weighted by atomic mass is 16.5. The molecule has 5 heteroatoms. The molecule has 0 aliphatic heterocycles. The van der Waals surface area contributed by atoms with Gasteiger partial charge in [0.15, 0.2) is 11.5 Å². The Kier molecular flexibility index (Phi) is 2.91. The van der Waals surface area contributed by atoms with Gasteiger partial charge < -0.3 is 15.2 Å². The second-order valence-corrected chi connectivity index (χ2v) is 2.68. The Labute approximate surface area is 81.8 Å². The molecule has 0 bridgehead atoms. The van der Waals surface area contributed by atoms with Crippen molar-refractivity contribution in [1.29, 1.82) is 0 Å². The zero-order valence-corrected chi connectivity index (χ0v) is 8.33. The lowest BCUT2D eigenvalue weighted by Gasteiger charge is -2.11. The van der Waals surface area contributed by atoms with E-state index < -0.39 is 5.91 Å². The third-order valence-electron chi connectivity index (χ3n) is 1.86. The number of ether oxygens (including phenoxy) is 2. The van der Waals surface area contributed by atoms with Crippen molar-refractivity contribution in [3.63, 3.8) is 0 Å². The van der Waals surface area contributed by atoms with Crippen LogP contribution in [-0.2, 0) is 0 Å². The average molecular weight is 196 g/mol. The van der Waals surface area contributed by atoms with E-state index in [0.717, 1.165) is 0 Å². The number of pyridine rings is 1. The van der Waals surface area contributed by atoms with Crippen LogP contribution < -0.4 is 15.2 Å². The Hall–Kier alpha value is -1.78. The van der Waals surface area contributed by atoms with E-state index in [9.17, 15) is 4.79 Å². The number of primary amides is 1. The van der Waals surface area contributed by atoms with Crippen LogP contribution in [0.25, 0.3) is 0 Å². The largest absolute Gasteiger partial charge is 0.492 e. The summed E-state index contributed by atoms with van der Waals surface area (Å²) in [6.45, 7) is 1.68. The fourth-order valence-electron chi connectivity index (χ4n) is 1.20. The molecule has 0 fully saturated rings. The van der Waals surface area contributed by atoms with Crippen molar-refractivity contribution in [2.75, 3.05) is 14.2 Å². The highest BCUT2D eigenvalue weighted by Crippen LogP contribution is 2.31. The topological polar surface area (TPSA) is 74.4 Å². The van der Waals surface area contributed by atoms with Gasteiger partial charge in [-0.15, -0.1) is 0 Å². The van der Waals surface area contributed by atoms with Crippen LogP contribution in [0.15, 0.2) is 6.20 Å². The van der Waals surface area contributed by atoms with Crippen LogP contribution in [0.4, 0.5) is 0 Å². The van der Waals surface area contributed by atoms with Crippen molar-refractivity contribution in [3.8, 4) is 11.5 Å². The highest BCUT2D eigenvalue weighted by molar-refractivity contribution is 5.97. The van der Waals surface area contributed by atoms with E-state index in [2.05, 4.69) is 4.98 Å². The molecule has 1 heterocycles. The van der Waals surface area contributed by atoms with Crippen LogP contribution in [-0.4, -0.2) is 25.1 Å². The summed E-state index contributed by atoms with van der Waals surface area (Å²) < 4.78 is 10.0. The number of aromatic nitrogens is 1. The summed E-state index contributed by atoms with van der Waals surface area (Å²) in [6.07, 6.45) is 1.49. The van der Waals surface area contributed by atoms with Gasteiger partial charge in [-0.05, 0) is 6.92 Å². The predicted molar refractivity (Wildman–Crippen MR) is 50.6 cm³/mol. The van der Waals surface area contributed by atoms with Gasteiger partial charge in [-0.2, -0.15) is 0 Å². The number of aryl methyl sites for hydroxylation is 1. The minimum absolute atomic E-state index is 0.256. The second kappa shape index (κ2) is 3.95. The molecule has 1 aromatic heterocycles.